The Morgan fingerprint density at radius 3 is 1.00 bits per heavy atom. The molecule has 0 atom stereocenters. The third-order valence-corrected chi connectivity index (χ3v) is 0.813. The zero-order valence-electron chi connectivity index (χ0n) is 9.49. The van der Waals surface area contributed by atoms with Crippen LogP contribution in [0.15, 0.2) is 23.7 Å². The van der Waals surface area contributed by atoms with Gasteiger partial charge in [0.2, 0.25) is 0 Å². The molecule has 0 aliphatic carbocycles. The Morgan fingerprint density at radius 2 is 1.00 bits per heavy atom. The van der Waals surface area contributed by atoms with Gasteiger partial charge in [-0.25, -0.2) is 0 Å². The minimum absolute atomic E-state index is 0. The van der Waals surface area contributed by atoms with E-state index in [9.17, 15) is 19.8 Å². The Balaban J connectivity index is -0.000000180. The predicted octanol–water partition coefficient (Wildman–Crippen LogP) is -0.702. The summed E-state index contributed by atoms with van der Waals surface area (Å²) in [7, 11) is 0. The summed E-state index contributed by atoms with van der Waals surface area (Å²) in [4.78, 5) is 20.0. The van der Waals surface area contributed by atoms with Crippen molar-refractivity contribution < 1.29 is 19.8 Å². The number of rotatable bonds is 2. The van der Waals surface area contributed by atoms with Gasteiger partial charge in [0.05, 0.1) is 0 Å². The molecule has 15 heavy (non-hydrogen) atoms. The first-order valence-corrected chi connectivity index (χ1v) is 3.97. The molecule has 0 bridgehead atoms. The van der Waals surface area contributed by atoms with Gasteiger partial charge in [0.25, 0.3) is 0 Å². The molecule has 5 heteroatoms. The van der Waals surface area contributed by atoms with Crippen LogP contribution in [0.25, 0.3) is 0 Å². The van der Waals surface area contributed by atoms with Crippen molar-refractivity contribution in [3.63, 3.8) is 0 Å². The second-order valence-corrected chi connectivity index (χ2v) is 2.73. The third-order valence-electron chi connectivity index (χ3n) is 0.813. The Bertz CT molecular complexity index is 231. The van der Waals surface area contributed by atoms with Crippen molar-refractivity contribution in [1.29, 1.82) is 0 Å². The second kappa shape index (κ2) is 12.1. The van der Waals surface area contributed by atoms with E-state index in [1.165, 1.54) is 27.7 Å². The first-order valence-electron chi connectivity index (χ1n) is 3.97. The number of carbonyl (C=O) groups is 2. The summed E-state index contributed by atoms with van der Waals surface area (Å²) in [6.07, 6.45) is 2.11. The van der Waals surface area contributed by atoms with Gasteiger partial charge in [-0.05, 0) is 26.0 Å². The number of ketones is 2. The fraction of sp³-hybridized carbons (Fsp3) is 0.400. The van der Waals surface area contributed by atoms with E-state index < -0.39 is 0 Å². The van der Waals surface area contributed by atoms with Gasteiger partial charge in [-0.3, -0.25) is 9.59 Å². The fourth-order valence-electron chi connectivity index (χ4n) is 0.572. The molecule has 0 spiro atoms. The van der Waals surface area contributed by atoms with Crippen molar-refractivity contribution in [2.75, 3.05) is 0 Å². The normalized spacial score (nSPS) is 10.7. The molecule has 0 aromatic heterocycles. The van der Waals surface area contributed by atoms with Crippen LogP contribution in [0.2, 0.25) is 0 Å². The van der Waals surface area contributed by atoms with Crippen molar-refractivity contribution in [3.05, 3.63) is 23.7 Å². The van der Waals surface area contributed by atoms with Gasteiger partial charge < -0.3 is 10.2 Å². The zero-order chi connectivity index (χ0) is 11.7. The molecule has 0 unspecified atom stereocenters. The molecule has 0 radical (unpaired) electrons. The third kappa shape index (κ3) is 31.5. The molecule has 80 valence electrons. The molecular formula is C10H14BaO4. The quantitative estimate of drug-likeness (QED) is 0.380. The van der Waals surface area contributed by atoms with Crippen LogP contribution in [0.1, 0.15) is 27.7 Å². The van der Waals surface area contributed by atoms with E-state index in [1.54, 1.807) is 0 Å². The number of allylic oxidation sites excluding steroid dienone is 4. The molecule has 0 fully saturated rings. The van der Waals surface area contributed by atoms with E-state index in [0.29, 0.717) is 0 Å². The number of carbonyl (C=O) groups excluding carboxylic acids is 2. The van der Waals surface area contributed by atoms with Gasteiger partial charge in [0.15, 0.2) is 11.6 Å². The summed E-state index contributed by atoms with van der Waals surface area (Å²) < 4.78 is 0. The minimum Gasteiger partial charge on any atom is -0.876 e. The summed E-state index contributed by atoms with van der Waals surface area (Å²) in [5, 5.41) is 20.0. The molecule has 4 nitrogen and oxygen atoms in total. The van der Waals surface area contributed by atoms with Crippen LogP contribution < -0.4 is 10.2 Å². The van der Waals surface area contributed by atoms with Crippen molar-refractivity contribution in [3.8, 4) is 0 Å². The van der Waals surface area contributed by atoms with Gasteiger partial charge >= 0.3 is 48.9 Å². The standard InChI is InChI=1S/2C5H8O2.Ba/c2*1-4(6)3-5(2)7;/h2*3,6H,1-2H3;/q;;+2/p-2/b2*4-3-;. The van der Waals surface area contributed by atoms with Gasteiger partial charge in [-0.15, -0.1) is 11.5 Å². The molecule has 0 saturated carbocycles. The van der Waals surface area contributed by atoms with E-state index in [0.717, 1.165) is 12.2 Å². The van der Waals surface area contributed by atoms with Crippen LogP contribution in [-0.4, -0.2) is 60.4 Å². The van der Waals surface area contributed by atoms with E-state index in [1.807, 2.05) is 0 Å². The Labute approximate surface area is 130 Å². The number of hydrogen-bond donors (Lipinski definition) is 0. The average molecular weight is 336 g/mol. The summed E-state index contributed by atoms with van der Waals surface area (Å²) in [6.45, 7) is 5.39. The van der Waals surface area contributed by atoms with E-state index >= 15 is 0 Å². The monoisotopic (exact) mass is 336 g/mol. The van der Waals surface area contributed by atoms with Crippen molar-refractivity contribution in [2.45, 2.75) is 27.7 Å². The zero-order valence-corrected chi connectivity index (χ0v) is 13.9. The first kappa shape index (κ1) is 20.4. The molecule has 0 aromatic rings. The molecular weight excluding hydrogens is 321 g/mol. The maximum absolute atomic E-state index is 9.98. The van der Waals surface area contributed by atoms with E-state index in [-0.39, 0.29) is 72.0 Å². The van der Waals surface area contributed by atoms with E-state index in [4.69, 9.17) is 0 Å². The largest absolute Gasteiger partial charge is 2.00 e. The van der Waals surface area contributed by atoms with Gasteiger partial charge in [-0.1, -0.05) is 13.8 Å². The molecule has 0 amide bonds. The van der Waals surface area contributed by atoms with Crippen LogP contribution in [0.4, 0.5) is 0 Å². The molecule has 0 aliphatic heterocycles. The summed E-state index contributed by atoms with van der Waals surface area (Å²) >= 11 is 0. The molecule has 0 aliphatic rings. The Kier molecular flexibility index (Phi) is 16.4. The SMILES string of the molecule is CC(=O)/C=C(/C)[O-].CC(=O)/C=C(/C)[O-].[Ba+2]. The van der Waals surface area contributed by atoms with Crippen molar-refractivity contribution in [1.82, 2.24) is 0 Å². The first-order chi connectivity index (χ1) is 6.25. The van der Waals surface area contributed by atoms with Crippen LogP contribution >= 0.6 is 0 Å². The molecule has 0 N–H and O–H groups in total. The predicted molar refractivity (Wildman–Crippen MR) is 54.6 cm³/mol. The van der Waals surface area contributed by atoms with Crippen LogP contribution in [0.3, 0.4) is 0 Å². The molecule has 0 heterocycles. The van der Waals surface area contributed by atoms with Gasteiger partial charge in [0, 0.05) is 0 Å². The molecule has 0 aromatic carbocycles. The van der Waals surface area contributed by atoms with Crippen LogP contribution in [-0.2, 0) is 9.59 Å². The van der Waals surface area contributed by atoms with Gasteiger partial charge in [0.1, 0.15) is 0 Å². The fourth-order valence-corrected chi connectivity index (χ4v) is 0.572. The maximum atomic E-state index is 9.98. The second-order valence-electron chi connectivity index (χ2n) is 2.73. The van der Waals surface area contributed by atoms with Crippen molar-refractivity contribution in [2.24, 2.45) is 0 Å². The smallest absolute Gasteiger partial charge is 0.876 e. The topological polar surface area (TPSA) is 80.3 Å². The minimum atomic E-state index is -0.187. The summed E-state index contributed by atoms with van der Waals surface area (Å²) in [5.41, 5.74) is 0. The van der Waals surface area contributed by atoms with Crippen LogP contribution in [0, 0.1) is 0 Å². The van der Waals surface area contributed by atoms with Crippen molar-refractivity contribution >= 4 is 60.4 Å². The van der Waals surface area contributed by atoms with Gasteiger partial charge in [-0.2, -0.15) is 0 Å². The average Bonchev–Trinajstić information content (AvgIpc) is 1.79. The summed E-state index contributed by atoms with van der Waals surface area (Å²) in [5.74, 6) is -0.750. The Hall–Kier alpha value is -0.00857. The summed E-state index contributed by atoms with van der Waals surface area (Å²) in [6, 6.07) is 0. The molecule has 0 saturated heterocycles. The Morgan fingerprint density at radius 1 is 0.800 bits per heavy atom. The van der Waals surface area contributed by atoms with Crippen LogP contribution in [0.5, 0.6) is 0 Å². The van der Waals surface area contributed by atoms with E-state index in [2.05, 4.69) is 0 Å². The molecule has 0 rings (SSSR count). The maximum Gasteiger partial charge on any atom is 2.00 e. The number of hydrogen-bond acceptors (Lipinski definition) is 4.